The van der Waals surface area contributed by atoms with Crippen LogP contribution in [0.15, 0.2) is 54.2 Å². The van der Waals surface area contributed by atoms with Gasteiger partial charge in [-0.25, -0.2) is 4.68 Å². The summed E-state index contributed by atoms with van der Waals surface area (Å²) in [7, 11) is 0. The van der Waals surface area contributed by atoms with Crippen molar-refractivity contribution in [1.29, 1.82) is 0 Å². The van der Waals surface area contributed by atoms with E-state index in [0.717, 1.165) is 30.0 Å². The molecular formula is C20H20ClN3O2S. The predicted molar refractivity (Wildman–Crippen MR) is 107 cm³/mol. The summed E-state index contributed by atoms with van der Waals surface area (Å²) < 4.78 is 7.43. The van der Waals surface area contributed by atoms with E-state index in [2.05, 4.69) is 11.2 Å². The highest BCUT2D eigenvalue weighted by molar-refractivity contribution is 7.09. The number of aromatic nitrogens is 2. The van der Waals surface area contributed by atoms with Gasteiger partial charge in [-0.2, -0.15) is 5.10 Å². The average Bonchev–Trinajstić information content (AvgIpc) is 3.43. The molecule has 1 fully saturated rings. The van der Waals surface area contributed by atoms with Gasteiger partial charge < -0.3 is 9.64 Å². The number of amides is 1. The summed E-state index contributed by atoms with van der Waals surface area (Å²) in [5.41, 5.74) is 1.38. The lowest BCUT2D eigenvalue weighted by molar-refractivity contribution is 0.0509. The second-order valence-electron chi connectivity index (χ2n) is 6.55. The van der Waals surface area contributed by atoms with E-state index in [1.54, 1.807) is 28.4 Å². The van der Waals surface area contributed by atoms with Crippen molar-refractivity contribution in [3.8, 4) is 5.69 Å². The third-order valence-electron chi connectivity index (χ3n) is 4.56. The quantitative estimate of drug-likeness (QED) is 0.614. The van der Waals surface area contributed by atoms with Crippen molar-refractivity contribution in [2.75, 3.05) is 13.2 Å². The van der Waals surface area contributed by atoms with Crippen LogP contribution in [-0.4, -0.2) is 39.8 Å². The van der Waals surface area contributed by atoms with Crippen molar-refractivity contribution in [3.05, 3.63) is 69.6 Å². The van der Waals surface area contributed by atoms with Crippen molar-refractivity contribution in [1.82, 2.24) is 14.7 Å². The Hall–Kier alpha value is -2.15. The normalized spacial score (nSPS) is 16.6. The first-order valence-electron chi connectivity index (χ1n) is 8.93. The topological polar surface area (TPSA) is 47.4 Å². The summed E-state index contributed by atoms with van der Waals surface area (Å²) in [5, 5.41) is 7.00. The van der Waals surface area contributed by atoms with Gasteiger partial charge in [-0.3, -0.25) is 4.79 Å². The molecule has 3 aromatic rings. The second kappa shape index (κ2) is 8.25. The Bertz CT molecular complexity index is 904. The summed E-state index contributed by atoms with van der Waals surface area (Å²) >= 11 is 7.72. The smallest absolute Gasteiger partial charge is 0.257 e. The lowest BCUT2D eigenvalue weighted by Crippen LogP contribution is -2.36. The van der Waals surface area contributed by atoms with Gasteiger partial charge in [0.2, 0.25) is 0 Å². The number of rotatable bonds is 6. The minimum atomic E-state index is -0.0350. The van der Waals surface area contributed by atoms with Crippen LogP contribution in [0.3, 0.4) is 0 Å². The number of ether oxygens (including phenoxy) is 1. The molecule has 1 saturated heterocycles. The van der Waals surface area contributed by atoms with Gasteiger partial charge in [0, 0.05) is 29.2 Å². The van der Waals surface area contributed by atoms with E-state index in [1.165, 1.54) is 0 Å². The van der Waals surface area contributed by atoms with E-state index < -0.39 is 0 Å². The molecule has 1 aliphatic heterocycles. The molecule has 0 radical (unpaired) electrons. The molecule has 0 saturated carbocycles. The Morgan fingerprint density at radius 1 is 1.37 bits per heavy atom. The summed E-state index contributed by atoms with van der Waals surface area (Å²) in [6.07, 6.45) is 5.52. The lowest BCUT2D eigenvalue weighted by Gasteiger charge is -2.24. The SMILES string of the molecule is O=C(c1cnn(-c2cccc(Cl)c2)c1)N(Cc1cccs1)CC1CCCO1. The molecular weight excluding hydrogens is 382 g/mol. The fourth-order valence-electron chi connectivity index (χ4n) is 3.22. The predicted octanol–water partition coefficient (Wildman–Crippen LogP) is 4.41. The van der Waals surface area contributed by atoms with Gasteiger partial charge in [-0.1, -0.05) is 23.7 Å². The third-order valence-corrected chi connectivity index (χ3v) is 5.66. The molecule has 1 aromatic carbocycles. The van der Waals surface area contributed by atoms with Crippen LogP contribution in [0.2, 0.25) is 5.02 Å². The highest BCUT2D eigenvalue weighted by atomic mass is 35.5. The number of nitrogens with zero attached hydrogens (tertiary/aromatic N) is 3. The maximum atomic E-state index is 13.2. The van der Waals surface area contributed by atoms with Crippen LogP contribution >= 0.6 is 22.9 Å². The largest absolute Gasteiger partial charge is 0.376 e. The van der Waals surface area contributed by atoms with Crippen molar-refractivity contribution in [2.45, 2.75) is 25.5 Å². The molecule has 4 rings (SSSR count). The number of carbonyl (C=O) groups is 1. The number of carbonyl (C=O) groups excluding carboxylic acids is 1. The van der Waals surface area contributed by atoms with E-state index in [0.29, 0.717) is 23.7 Å². The van der Waals surface area contributed by atoms with Crippen LogP contribution in [0.1, 0.15) is 28.1 Å². The Kier molecular flexibility index (Phi) is 5.57. The van der Waals surface area contributed by atoms with Crippen LogP contribution < -0.4 is 0 Å². The van der Waals surface area contributed by atoms with Crippen LogP contribution in [0, 0.1) is 0 Å². The van der Waals surface area contributed by atoms with Gasteiger partial charge in [0.25, 0.3) is 5.91 Å². The number of halogens is 1. The van der Waals surface area contributed by atoms with E-state index >= 15 is 0 Å². The molecule has 1 unspecified atom stereocenters. The summed E-state index contributed by atoms with van der Waals surface area (Å²) in [5.74, 6) is -0.0350. The number of benzene rings is 1. The minimum absolute atomic E-state index is 0.0350. The summed E-state index contributed by atoms with van der Waals surface area (Å²) in [4.78, 5) is 16.2. The van der Waals surface area contributed by atoms with Crippen molar-refractivity contribution in [3.63, 3.8) is 0 Å². The lowest BCUT2D eigenvalue weighted by atomic mass is 10.2. The van der Waals surface area contributed by atoms with E-state index in [-0.39, 0.29) is 12.0 Å². The van der Waals surface area contributed by atoms with Gasteiger partial charge in [-0.05, 0) is 42.5 Å². The molecule has 0 N–H and O–H groups in total. The van der Waals surface area contributed by atoms with E-state index in [4.69, 9.17) is 16.3 Å². The van der Waals surface area contributed by atoms with Gasteiger partial charge >= 0.3 is 0 Å². The van der Waals surface area contributed by atoms with Crippen LogP contribution in [0.5, 0.6) is 0 Å². The standard InChI is InChI=1S/C20H20ClN3O2S/c21-16-4-1-5-17(10-16)24-12-15(11-22-24)20(25)23(13-18-6-2-8-26-18)14-19-7-3-9-27-19/h1,3-5,7,9-12,18H,2,6,8,13-14H2. The zero-order valence-corrected chi connectivity index (χ0v) is 16.3. The molecule has 0 bridgehead atoms. The summed E-state index contributed by atoms with van der Waals surface area (Å²) in [6.45, 7) is 1.95. The summed E-state index contributed by atoms with van der Waals surface area (Å²) in [6, 6.07) is 11.5. The molecule has 1 aliphatic rings. The molecule has 2 aromatic heterocycles. The maximum Gasteiger partial charge on any atom is 0.257 e. The highest BCUT2D eigenvalue weighted by Gasteiger charge is 2.25. The first-order valence-corrected chi connectivity index (χ1v) is 10.2. The molecule has 140 valence electrons. The van der Waals surface area contributed by atoms with E-state index in [1.807, 2.05) is 40.6 Å². The number of hydrogen-bond donors (Lipinski definition) is 0. The van der Waals surface area contributed by atoms with Crippen molar-refractivity contribution in [2.24, 2.45) is 0 Å². The van der Waals surface area contributed by atoms with Crippen molar-refractivity contribution < 1.29 is 9.53 Å². The zero-order valence-electron chi connectivity index (χ0n) is 14.8. The van der Waals surface area contributed by atoms with Gasteiger partial charge in [0.15, 0.2) is 0 Å². The first kappa shape index (κ1) is 18.2. The van der Waals surface area contributed by atoms with Gasteiger partial charge in [0.1, 0.15) is 0 Å². The zero-order chi connectivity index (χ0) is 18.6. The fourth-order valence-corrected chi connectivity index (χ4v) is 4.12. The molecule has 1 amide bonds. The molecule has 7 heteroatoms. The molecule has 1 atom stereocenters. The fraction of sp³-hybridized carbons (Fsp3) is 0.300. The minimum Gasteiger partial charge on any atom is -0.376 e. The molecule has 5 nitrogen and oxygen atoms in total. The van der Waals surface area contributed by atoms with Gasteiger partial charge in [-0.15, -0.1) is 11.3 Å². The Morgan fingerprint density at radius 2 is 2.30 bits per heavy atom. The average molecular weight is 402 g/mol. The van der Waals surface area contributed by atoms with Crippen LogP contribution in [-0.2, 0) is 11.3 Å². The Morgan fingerprint density at radius 3 is 3.04 bits per heavy atom. The monoisotopic (exact) mass is 401 g/mol. The maximum absolute atomic E-state index is 13.2. The number of thiophene rings is 1. The van der Waals surface area contributed by atoms with Gasteiger partial charge in [0.05, 0.1) is 30.1 Å². The highest BCUT2D eigenvalue weighted by Crippen LogP contribution is 2.20. The van der Waals surface area contributed by atoms with Crippen LogP contribution in [0.25, 0.3) is 5.69 Å². The second-order valence-corrected chi connectivity index (χ2v) is 8.02. The molecule has 0 spiro atoms. The van der Waals surface area contributed by atoms with Crippen molar-refractivity contribution >= 4 is 28.8 Å². The first-order chi connectivity index (χ1) is 13.2. The Balaban J connectivity index is 1.55. The molecule has 27 heavy (non-hydrogen) atoms. The molecule has 0 aliphatic carbocycles. The molecule has 3 heterocycles. The Labute approximate surface area is 167 Å². The van der Waals surface area contributed by atoms with E-state index in [9.17, 15) is 4.79 Å². The number of hydrogen-bond acceptors (Lipinski definition) is 4. The van der Waals surface area contributed by atoms with Crippen LogP contribution in [0.4, 0.5) is 0 Å². The third kappa shape index (κ3) is 4.40.